The standard InChI is InChI=1S/C13H29NO2/c1-4-5-8-14-10-13(15)11-16-9-6-7-12(2)3/h12-15H,4-11H2,1-3H3. The van der Waals surface area contributed by atoms with Crippen LogP contribution in [-0.2, 0) is 4.74 Å². The van der Waals surface area contributed by atoms with E-state index < -0.39 is 0 Å². The number of aliphatic hydroxyl groups is 1. The lowest BCUT2D eigenvalue weighted by molar-refractivity contribution is 0.0348. The minimum atomic E-state index is -0.365. The van der Waals surface area contributed by atoms with Crippen LogP contribution in [0, 0.1) is 5.92 Å². The highest BCUT2D eigenvalue weighted by Crippen LogP contribution is 2.03. The van der Waals surface area contributed by atoms with Crippen molar-refractivity contribution in [2.45, 2.75) is 52.6 Å². The summed E-state index contributed by atoms with van der Waals surface area (Å²) in [6, 6.07) is 0. The molecule has 0 aliphatic heterocycles. The quantitative estimate of drug-likeness (QED) is 0.536. The molecular weight excluding hydrogens is 202 g/mol. The van der Waals surface area contributed by atoms with Crippen molar-refractivity contribution in [2.24, 2.45) is 5.92 Å². The molecule has 0 heterocycles. The van der Waals surface area contributed by atoms with Gasteiger partial charge in [-0.3, -0.25) is 0 Å². The predicted octanol–water partition coefficient (Wildman–Crippen LogP) is 2.19. The molecule has 0 radical (unpaired) electrons. The maximum atomic E-state index is 9.57. The van der Waals surface area contributed by atoms with Crippen molar-refractivity contribution in [3.8, 4) is 0 Å². The van der Waals surface area contributed by atoms with E-state index in [0.717, 1.165) is 25.5 Å². The molecule has 1 atom stereocenters. The summed E-state index contributed by atoms with van der Waals surface area (Å²) >= 11 is 0. The second-order valence-electron chi connectivity index (χ2n) is 4.82. The van der Waals surface area contributed by atoms with Crippen LogP contribution in [0.3, 0.4) is 0 Å². The van der Waals surface area contributed by atoms with E-state index in [2.05, 4.69) is 26.1 Å². The molecule has 0 saturated heterocycles. The first-order valence-electron chi connectivity index (χ1n) is 6.63. The topological polar surface area (TPSA) is 41.5 Å². The van der Waals surface area contributed by atoms with Gasteiger partial charge in [0.2, 0.25) is 0 Å². The van der Waals surface area contributed by atoms with Crippen LogP contribution in [-0.4, -0.2) is 37.5 Å². The van der Waals surface area contributed by atoms with Gasteiger partial charge in [-0.2, -0.15) is 0 Å². The predicted molar refractivity (Wildman–Crippen MR) is 68.7 cm³/mol. The first-order valence-corrected chi connectivity index (χ1v) is 6.63. The van der Waals surface area contributed by atoms with Gasteiger partial charge in [0, 0.05) is 13.2 Å². The first kappa shape index (κ1) is 15.9. The van der Waals surface area contributed by atoms with E-state index in [1.807, 2.05) is 0 Å². The van der Waals surface area contributed by atoms with Gasteiger partial charge in [0.1, 0.15) is 0 Å². The van der Waals surface area contributed by atoms with Crippen molar-refractivity contribution >= 4 is 0 Å². The Bertz CT molecular complexity index is 140. The highest BCUT2D eigenvalue weighted by molar-refractivity contribution is 4.58. The lowest BCUT2D eigenvalue weighted by Gasteiger charge is -2.12. The Morgan fingerprint density at radius 3 is 2.62 bits per heavy atom. The number of ether oxygens (including phenoxy) is 1. The van der Waals surface area contributed by atoms with E-state index in [4.69, 9.17) is 4.74 Å². The average molecular weight is 231 g/mol. The Morgan fingerprint density at radius 2 is 2.00 bits per heavy atom. The van der Waals surface area contributed by atoms with Gasteiger partial charge in [-0.05, 0) is 31.7 Å². The van der Waals surface area contributed by atoms with Gasteiger partial charge >= 0.3 is 0 Å². The van der Waals surface area contributed by atoms with Crippen LogP contribution in [0.25, 0.3) is 0 Å². The summed E-state index contributed by atoms with van der Waals surface area (Å²) in [5.41, 5.74) is 0. The highest BCUT2D eigenvalue weighted by atomic mass is 16.5. The molecule has 0 saturated carbocycles. The third-order valence-corrected chi connectivity index (χ3v) is 2.47. The van der Waals surface area contributed by atoms with Crippen molar-refractivity contribution < 1.29 is 9.84 Å². The highest BCUT2D eigenvalue weighted by Gasteiger charge is 2.03. The summed E-state index contributed by atoms with van der Waals surface area (Å²) in [6.07, 6.45) is 4.28. The molecule has 0 rings (SSSR count). The van der Waals surface area contributed by atoms with Gasteiger partial charge in [-0.1, -0.05) is 27.2 Å². The Hall–Kier alpha value is -0.120. The van der Waals surface area contributed by atoms with Crippen molar-refractivity contribution in [1.82, 2.24) is 5.32 Å². The molecule has 0 aliphatic carbocycles. The van der Waals surface area contributed by atoms with E-state index >= 15 is 0 Å². The molecule has 1 unspecified atom stereocenters. The Labute approximate surface area is 101 Å². The monoisotopic (exact) mass is 231 g/mol. The number of hydrogen-bond donors (Lipinski definition) is 2. The molecule has 3 nitrogen and oxygen atoms in total. The molecule has 0 fully saturated rings. The van der Waals surface area contributed by atoms with Crippen molar-refractivity contribution in [2.75, 3.05) is 26.3 Å². The SMILES string of the molecule is CCCCNCC(O)COCCCC(C)C. The summed E-state index contributed by atoms with van der Waals surface area (Å²) in [5.74, 6) is 0.740. The Balaban J connectivity index is 3.14. The van der Waals surface area contributed by atoms with Crippen LogP contribution in [0.2, 0.25) is 0 Å². The number of hydrogen-bond acceptors (Lipinski definition) is 3. The third kappa shape index (κ3) is 12.0. The molecule has 0 aromatic rings. The summed E-state index contributed by atoms with van der Waals surface area (Å²) in [5, 5.41) is 12.8. The fraction of sp³-hybridized carbons (Fsp3) is 1.00. The average Bonchev–Trinajstić information content (AvgIpc) is 2.23. The van der Waals surface area contributed by atoms with Crippen LogP contribution in [0.15, 0.2) is 0 Å². The van der Waals surface area contributed by atoms with Gasteiger partial charge in [0.25, 0.3) is 0 Å². The minimum Gasteiger partial charge on any atom is -0.389 e. The van der Waals surface area contributed by atoms with E-state index in [-0.39, 0.29) is 6.10 Å². The molecule has 2 N–H and O–H groups in total. The van der Waals surface area contributed by atoms with Gasteiger partial charge in [0.05, 0.1) is 12.7 Å². The molecule has 3 heteroatoms. The lowest BCUT2D eigenvalue weighted by atomic mass is 10.1. The molecule has 0 aliphatic rings. The molecule has 0 aromatic heterocycles. The van der Waals surface area contributed by atoms with Crippen LogP contribution < -0.4 is 5.32 Å². The molecule has 0 spiro atoms. The van der Waals surface area contributed by atoms with E-state index in [1.165, 1.54) is 19.3 Å². The second-order valence-corrected chi connectivity index (χ2v) is 4.82. The van der Waals surface area contributed by atoms with E-state index in [9.17, 15) is 5.11 Å². The van der Waals surface area contributed by atoms with Gasteiger partial charge < -0.3 is 15.2 Å². The molecule has 0 aromatic carbocycles. The van der Waals surface area contributed by atoms with Crippen molar-refractivity contribution in [1.29, 1.82) is 0 Å². The smallest absolute Gasteiger partial charge is 0.0897 e. The van der Waals surface area contributed by atoms with E-state index in [0.29, 0.717) is 13.2 Å². The summed E-state index contributed by atoms with van der Waals surface area (Å²) in [7, 11) is 0. The number of nitrogens with one attached hydrogen (secondary N) is 1. The zero-order valence-electron chi connectivity index (χ0n) is 11.2. The largest absolute Gasteiger partial charge is 0.389 e. The molecule has 0 bridgehead atoms. The number of aliphatic hydroxyl groups excluding tert-OH is 1. The Morgan fingerprint density at radius 1 is 1.25 bits per heavy atom. The lowest BCUT2D eigenvalue weighted by Crippen LogP contribution is -2.31. The van der Waals surface area contributed by atoms with Gasteiger partial charge in [0.15, 0.2) is 0 Å². The normalized spacial score (nSPS) is 13.3. The minimum absolute atomic E-state index is 0.365. The van der Waals surface area contributed by atoms with Crippen LogP contribution in [0.5, 0.6) is 0 Å². The molecule has 16 heavy (non-hydrogen) atoms. The Kier molecular flexibility index (Phi) is 11.3. The summed E-state index contributed by atoms with van der Waals surface area (Å²) in [4.78, 5) is 0. The maximum absolute atomic E-state index is 9.57. The number of rotatable bonds is 11. The van der Waals surface area contributed by atoms with Crippen LogP contribution >= 0.6 is 0 Å². The van der Waals surface area contributed by atoms with Crippen LogP contribution in [0.1, 0.15) is 46.5 Å². The fourth-order valence-corrected chi connectivity index (χ4v) is 1.44. The third-order valence-electron chi connectivity index (χ3n) is 2.47. The second kappa shape index (κ2) is 11.4. The zero-order valence-corrected chi connectivity index (χ0v) is 11.2. The first-order chi connectivity index (χ1) is 7.66. The van der Waals surface area contributed by atoms with Gasteiger partial charge in [-0.15, -0.1) is 0 Å². The fourth-order valence-electron chi connectivity index (χ4n) is 1.44. The zero-order chi connectivity index (χ0) is 12.2. The van der Waals surface area contributed by atoms with Crippen LogP contribution in [0.4, 0.5) is 0 Å². The molecule has 98 valence electrons. The number of unbranched alkanes of at least 4 members (excludes halogenated alkanes) is 1. The van der Waals surface area contributed by atoms with Crippen molar-refractivity contribution in [3.05, 3.63) is 0 Å². The summed E-state index contributed by atoms with van der Waals surface area (Å²) < 4.78 is 5.41. The van der Waals surface area contributed by atoms with Crippen molar-refractivity contribution in [3.63, 3.8) is 0 Å². The molecule has 0 amide bonds. The van der Waals surface area contributed by atoms with E-state index in [1.54, 1.807) is 0 Å². The maximum Gasteiger partial charge on any atom is 0.0897 e. The van der Waals surface area contributed by atoms with Gasteiger partial charge in [-0.25, -0.2) is 0 Å². The molecular formula is C13H29NO2. The summed E-state index contributed by atoms with van der Waals surface area (Å²) in [6.45, 7) is 9.45.